The SMILES string of the molecule is O=C(CNc1ccc(F)cc1F)Nc1ccc(N2CCCC2=O)cc1. The highest BCUT2D eigenvalue weighted by Crippen LogP contribution is 2.23. The van der Waals surface area contributed by atoms with Gasteiger partial charge in [0.25, 0.3) is 0 Å². The van der Waals surface area contributed by atoms with Crippen molar-refractivity contribution < 1.29 is 18.4 Å². The number of hydrogen-bond donors (Lipinski definition) is 2. The van der Waals surface area contributed by atoms with Crippen molar-refractivity contribution >= 4 is 28.9 Å². The second-order valence-corrected chi connectivity index (χ2v) is 5.72. The Morgan fingerprint density at radius 2 is 1.88 bits per heavy atom. The van der Waals surface area contributed by atoms with E-state index in [1.807, 2.05) is 0 Å². The van der Waals surface area contributed by atoms with Crippen LogP contribution in [-0.2, 0) is 9.59 Å². The first-order chi connectivity index (χ1) is 12.0. The Hall–Kier alpha value is -2.96. The van der Waals surface area contributed by atoms with Crippen molar-refractivity contribution in [1.82, 2.24) is 0 Å². The number of nitrogens with zero attached hydrogens (tertiary/aromatic N) is 1. The van der Waals surface area contributed by atoms with Crippen LogP contribution in [0.5, 0.6) is 0 Å². The molecule has 1 aliphatic heterocycles. The number of nitrogens with one attached hydrogen (secondary N) is 2. The van der Waals surface area contributed by atoms with Gasteiger partial charge < -0.3 is 15.5 Å². The van der Waals surface area contributed by atoms with Crippen LogP contribution in [0.3, 0.4) is 0 Å². The number of halogens is 2. The normalized spacial score (nSPS) is 13.8. The van der Waals surface area contributed by atoms with Crippen LogP contribution < -0.4 is 15.5 Å². The predicted octanol–water partition coefficient (Wildman–Crippen LogP) is 3.14. The molecule has 1 fully saturated rings. The molecule has 7 heteroatoms. The van der Waals surface area contributed by atoms with E-state index in [2.05, 4.69) is 10.6 Å². The van der Waals surface area contributed by atoms with E-state index in [0.29, 0.717) is 18.7 Å². The minimum atomic E-state index is -0.757. The summed E-state index contributed by atoms with van der Waals surface area (Å²) in [7, 11) is 0. The predicted molar refractivity (Wildman–Crippen MR) is 91.5 cm³/mol. The van der Waals surface area contributed by atoms with Crippen LogP contribution in [0.4, 0.5) is 25.8 Å². The molecule has 1 heterocycles. The number of rotatable bonds is 5. The maximum Gasteiger partial charge on any atom is 0.243 e. The minimum Gasteiger partial charge on any atom is -0.374 e. The molecule has 0 atom stereocenters. The topological polar surface area (TPSA) is 61.4 Å². The highest BCUT2D eigenvalue weighted by molar-refractivity contribution is 5.96. The molecular formula is C18H17F2N3O2. The van der Waals surface area contributed by atoms with Crippen molar-refractivity contribution in [3.05, 3.63) is 54.1 Å². The maximum absolute atomic E-state index is 13.5. The third-order valence-electron chi connectivity index (χ3n) is 3.91. The van der Waals surface area contributed by atoms with Gasteiger partial charge in [0, 0.05) is 30.4 Å². The van der Waals surface area contributed by atoms with Crippen molar-refractivity contribution in [1.29, 1.82) is 0 Å². The van der Waals surface area contributed by atoms with Gasteiger partial charge in [-0.25, -0.2) is 8.78 Å². The van der Waals surface area contributed by atoms with Crippen LogP contribution in [0.15, 0.2) is 42.5 Å². The highest BCUT2D eigenvalue weighted by Gasteiger charge is 2.21. The van der Waals surface area contributed by atoms with Crippen molar-refractivity contribution in [2.24, 2.45) is 0 Å². The van der Waals surface area contributed by atoms with Gasteiger partial charge in [0.1, 0.15) is 11.6 Å². The number of hydrogen-bond acceptors (Lipinski definition) is 3. The lowest BCUT2D eigenvalue weighted by Gasteiger charge is -2.16. The van der Waals surface area contributed by atoms with E-state index in [0.717, 1.165) is 24.2 Å². The Kier molecular flexibility index (Phi) is 4.92. The molecule has 0 aliphatic carbocycles. The third kappa shape index (κ3) is 4.12. The Bertz CT molecular complexity index is 793. The lowest BCUT2D eigenvalue weighted by molar-refractivity contribution is -0.117. The van der Waals surface area contributed by atoms with E-state index < -0.39 is 11.6 Å². The van der Waals surface area contributed by atoms with Crippen molar-refractivity contribution in [3.63, 3.8) is 0 Å². The Labute approximate surface area is 143 Å². The van der Waals surface area contributed by atoms with Gasteiger partial charge in [0.2, 0.25) is 11.8 Å². The molecule has 0 unspecified atom stereocenters. The first-order valence-electron chi connectivity index (χ1n) is 7.92. The standard InChI is InChI=1S/C18H17F2N3O2/c19-12-3-8-16(15(20)10-12)21-11-17(24)22-13-4-6-14(7-5-13)23-9-1-2-18(23)25/h3-8,10,21H,1-2,9,11H2,(H,22,24). The summed E-state index contributed by atoms with van der Waals surface area (Å²) in [4.78, 5) is 25.3. The van der Waals surface area contributed by atoms with Crippen LogP contribution in [0.2, 0.25) is 0 Å². The average molecular weight is 345 g/mol. The summed E-state index contributed by atoms with van der Waals surface area (Å²) >= 11 is 0. The molecule has 1 aliphatic rings. The summed E-state index contributed by atoms with van der Waals surface area (Å²) in [5, 5.41) is 5.29. The monoisotopic (exact) mass is 345 g/mol. The molecule has 0 bridgehead atoms. The maximum atomic E-state index is 13.5. The zero-order valence-electron chi connectivity index (χ0n) is 13.4. The molecule has 2 amide bonds. The molecule has 2 aromatic rings. The summed E-state index contributed by atoms with van der Waals surface area (Å²) in [5.74, 6) is -1.70. The largest absolute Gasteiger partial charge is 0.374 e. The number of benzene rings is 2. The summed E-state index contributed by atoms with van der Waals surface area (Å²) in [6.45, 7) is 0.548. The van der Waals surface area contributed by atoms with Crippen LogP contribution in [-0.4, -0.2) is 24.9 Å². The smallest absolute Gasteiger partial charge is 0.243 e. The van der Waals surface area contributed by atoms with E-state index >= 15 is 0 Å². The van der Waals surface area contributed by atoms with E-state index in [1.54, 1.807) is 29.2 Å². The third-order valence-corrected chi connectivity index (χ3v) is 3.91. The van der Waals surface area contributed by atoms with Gasteiger partial charge in [-0.15, -0.1) is 0 Å². The summed E-state index contributed by atoms with van der Waals surface area (Å²) in [6, 6.07) is 10.0. The molecule has 25 heavy (non-hydrogen) atoms. The van der Waals surface area contributed by atoms with Gasteiger partial charge in [-0.3, -0.25) is 9.59 Å². The van der Waals surface area contributed by atoms with Gasteiger partial charge in [-0.05, 0) is 42.8 Å². The Morgan fingerprint density at radius 1 is 1.12 bits per heavy atom. The molecule has 2 N–H and O–H groups in total. The quantitative estimate of drug-likeness (QED) is 0.875. The van der Waals surface area contributed by atoms with Gasteiger partial charge in [-0.1, -0.05) is 0 Å². The second kappa shape index (κ2) is 7.29. The minimum absolute atomic E-state index is 0.0550. The molecule has 130 valence electrons. The molecule has 3 rings (SSSR count). The molecule has 0 radical (unpaired) electrons. The molecule has 0 aromatic heterocycles. The first kappa shape index (κ1) is 16.9. The zero-order valence-corrected chi connectivity index (χ0v) is 13.4. The van der Waals surface area contributed by atoms with E-state index in [9.17, 15) is 18.4 Å². The van der Waals surface area contributed by atoms with Crippen molar-refractivity contribution in [2.75, 3.05) is 28.6 Å². The number of amides is 2. The Morgan fingerprint density at radius 3 is 2.52 bits per heavy atom. The van der Waals surface area contributed by atoms with Crippen LogP contribution in [0.1, 0.15) is 12.8 Å². The van der Waals surface area contributed by atoms with Crippen molar-refractivity contribution in [3.8, 4) is 0 Å². The van der Waals surface area contributed by atoms with Crippen LogP contribution >= 0.6 is 0 Å². The van der Waals surface area contributed by atoms with Crippen molar-refractivity contribution in [2.45, 2.75) is 12.8 Å². The van der Waals surface area contributed by atoms with Crippen LogP contribution in [0, 0.1) is 11.6 Å². The number of carbonyl (C=O) groups is 2. The fourth-order valence-electron chi connectivity index (χ4n) is 2.66. The van der Waals surface area contributed by atoms with Gasteiger partial charge in [0.15, 0.2) is 0 Å². The fourth-order valence-corrected chi connectivity index (χ4v) is 2.66. The molecule has 0 saturated carbocycles. The van der Waals surface area contributed by atoms with E-state index in [4.69, 9.17) is 0 Å². The fraction of sp³-hybridized carbons (Fsp3) is 0.222. The molecule has 2 aromatic carbocycles. The second-order valence-electron chi connectivity index (χ2n) is 5.72. The first-order valence-corrected chi connectivity index (χ1v) is 7.92. The van der Waals surface area contributed by atoms with Gasteiger partial charge >= 0.3 is 0 Å². The summed E-state index contributed by atoms with van der Waals surface area (Å²) in [6.07, 6.45) is 1.41. The van der Waals surface area contributed by atoms with E-state index in [1.165, 1.54) is 6.07 Å². The zero-order chi connectivity index (χ0) is 17.8. The summed E-state index contributed by atoms with van der Waals surface area (Å²) in [5.41, 5.74) is 1.42. The van der Waals surface area contributed by atoms with Crippen LogP contribution in [0.25, 0.3) is 0 Å². The average Bonchev–Trinajstić information content (AvgIpc) is 3.01. The van der Waals surface area contributed by atoms with Gasteiger partial charge in [0.05, 0.1) is 12.2 Å². The molecular weight excluding hydrogens is 328 g/mol. The van der Waals surface area contributed by atoms with E-state index in [-0.39, 0.29) is 24.0 Å². The lowest BCUT2D eigenvalue weighted by atomic mass is 10.2. The molecule has 1 saturated heterocycles. The number of anilines is 3. The molecule has 0 spiro atoms. The summed E-state index contributed by atoms with van der Waals surface area (Å²) < 4.78 is 26.3. The lowest BCUT2D eigenvalue weighted by Crippen LogP contribution is -2.24. The Balaban J connectivity index is 1.55. The number of carbonyl (C=O) groups excluding carboxylic acids is 2. The van der Waals surface area contributed by atoms with Gasteiger partial charge in [-0.2, -0.15) is 0 Å². The molecule has 5 nitrogen and oxygen atoms in total. The highest BCUT2D eigenvalue weighted by atomic mass is 19.1.